The van der Waals surface area contributed by atoms with Crippen LogP contribution in [0.2, 0.25) is 0 Å². The zero-order chi connectivity index (χ0) is 11.2. The Morgan fingerprint density at radius 2 is 2.36 bits per heavy atom. The summed E-state index contributed by atoms with van der Waals surface area (Å²) in [4.78, 5) is 10.6. The molecule has 0 bridgehead atoms. The van der Waals surface area contributed by atoms with Crippen LogP contribution in [0.3, 0.4) is 0 Å². The first kappa shape index (κ1) is 13.7. The smallest absolute Gasteiger partial charge is 0.324 e. The van der Waals surface area contributed by atoms with Crippen LogP contribution in [-0.4, -0.2) is 40.8 Å². The highest BCUT2D eigenvalue weighted by atomic mass is 32.2. The number of aliphatic carboxylic acids is 1. The number of nitrogens with one attached hydrogen (secondary N) is 1. The first-order chi connectivity index (χ1) is 6.36. The molecule has 1 unspecified atom stereocenters. The lowest BCUT2D eigenvalue weighted by Crippen LogP contribution is -2.66. The SMILES string of the molecule is CC([NH3+])NCCSC[C@](C)(N)C(=O)O. The molecular formula is C8H20N3O2S+. The maximum atomic E-state index is 10.6. The molecule has 0 aromatic heterocycles. The number of carbonyl (C=O) groups is 1. The molecule has 0 amide bonds. The minimum absolute atomic E-state index is 0.222. The van der Waals surface area contributed by atoms with Gasteiger partial charge in [-0.2, -0.15) is 11.8 Å². The normalized spacial score (nSPS) is 17.4. The Balaban J connectivity index is 3.49. The van der Waals surface area contributed by atoms with Crippen LogP contribution in [0, 0.1) is 0 Å². The standard InChI is InChI=1S/C8H19N3O2S/c1-6(9)11-3-4-14-5-8(2,10)7(12)13/h6,11H,3-5,9-10H2,1-2H3,(H,12,13)/p+1/t6?,8-/m0/s1. The molecule has 0 rings (SSSR count). The van der Waals surface area contributed by atoms with E-state index in [0.717, 1.165) is 12.3 Å². The largest absolute Gasteiger partial charge is 0.480 e. The molecule has 2 atom stereocenters. The molecule has 5 nitrogen and oxygen atoms in total. The zero-order valence-corrected chi connectivity index (χ0v) is 9.56. The van der Waals surface area contributed by atoms with E-state index < -0.39 is 11.5 Å². The molecule has 14 heavy (non-hydrogen) atoms. The highest BCUT2D eigenvalue weighted by Gasteiger charge is 2.27. The number of hydrogen-bond donors (Lipinski definition) is 4. The van der Waals surface area contributed by atoms with Crippen molar-refractivity contribution in [2.24, 2.45) is 5.73 Å². The van der Waals surface area contributed by atoms with Crippen LogP contribution < -0.4 is 16.8 Å². The second kappa shape index (κ2) is 6.23. The van der Waals surface area contributed by atoms with Gasteiger partial charge in [0.2, 0.25) is 0 Å². The molecule has 0 heterocycles. The Kier molecular flexibility index (Phi) is 6.10. The number of quaternary nitrogens is 1. The quantitative estimate of drug-likeness (QED) is 0.317. The molecule has 0 fully saturated rings. The van der Waals surface area contributed by atoms with Crippen molar-refractivity contribution in [2.45, 2.75) is 25.6 Å². The predicted molar refractivity (Wildman–Crippen MR) is 57.9 cm³/mol. The van der Waals surface area contributed by atoms with Crippen LogP contribution in [0.1, 0.15) is 13.8 Å². The Hall–Kier alpha value is -0.300. The molecule has 0 aliphatic carbocycles. The summed E-state index contributed by atoms with van der Waals surface area (Å²) in [5.74, 6) is 0.318. The minimum Gasteiger partial charge on any atom is -0.480 e. The van der Waals surface area contributed by atoms with Gasteiger partial charge in [-0.1, -0.05) is 0 Å². The second-order valence-corrected chi connectivity index (χ2v) is 4.74. The molecular weight excluding hydrogens is 202 g/mol. The second-order valence-electron chi connectivity index (χ2n) is 3.63. The van der Waals surface area contributed by atoms with Gasteiger partial charge in [0.25, 0.3) is 0 Å². The van der Waals surface area contributed by atoms with Gasteiger partial charge in [0.15, 0.2) is 0 Å². The van der Waals surface area contributed by atoms with Crippen molar-refractivity contribution in [1.29, 1.82) is 0 Å². The van der Waals surface area contributed by atoms with Gasteiger partial charge < -0.3 is 16.6 Å². The third-order valence-electron chi connectivity index (χ3n) is 1.63. The summed E-state index contributed by atoms with van der Waals surface area (Å²) in [6.07, 6.45) is 0.222. The molecule has 0 spiro atoms. The third kappa shape index (κ3) is 6.20. The predicted octanol–water partition coefficient (Wildman–Crippen LogP) is -1.30. The van der Waals surface area contributed by atoms with E-state index >= 15 is 0 Å². The number of thioether (sulfide) groups is 1. The lowest BCUT2D eigenvalue weighted by molar-refractivity contribution is -0.422. The van der Waals surface area contributed by atoms with Crippen molar-refractivity contribution in [3.63, 3.8) is 0 Å². The van der Waals surface area contributed by atoms with Gasteiger partial charge in [-0.05, 0) is 6.92 Å². The Morgan fingerprint density at radius 3 is 2.79 bits per heavy atom. The summed E-state index contributed by atoms with van der Waals surface area (Å²) < 4.78 is 0. The number of carboxylic acid groups (broad SMARTS) is 1. The number of nitrogens with two attached hydrogens (primary N) is 1. The highest BCUT2D eigenvalue weighted by Crippen LogP contribution is 2.09. The average molecular weight is 222 g/mol. The minimum atomic E-state index is -1.12. The summed E-state index contributed by atoms with van der Waals surface area (Å²) in [6.45, 7) is 4.32. The topological polar surface area (TPSA) is 103 Å². The summed E-state index contributed by atoms with van der Waals surface area (Å²) in [5, 5.41) is 11.9. The van der Waals surface area contributed by atoms with Crippen molar-refractivity contribution < 1.29 is 15.6 Å². The van der Waals surface area contributed by atoms with Crippen LogP contribution in [-0.2, 0) is 4.79 Å². The molecule has 84 valence electrons. The van der Waals surface area contributed by atoms with E-state index in [2.05, 4.69) is 11.1 Å². The fraction of sp³-hybridized carbons (Fsp3) is 0.875. The van der Waals surface area contributed by atoms with Gasteiger partial charge in [0.05, 0.1) is 0 Å². The highest BCUT2D eigenvalue weighted by molar-refractivity contribution is 7.99. The van der Waals surface area contributed by atoms with Crippen molar-refractivity contribution in [3.8, 4) is 0 Å². The van der Waals surface area contributed by atoms with E-state index in [9.17, 15) is 4.79 Å². The molecule has 0 radical (unpaired) electrons. The van der Waals surface area contributed by atoms with Crippen molar-refractivity contribution >= 4 is 17.7 Å². The van der Waals surface area contributed by atoms with E-state index in [1.54, 1.807) is 0 Å². The number of hydrogen-bond acceptors (Lipinski definition) is 4. The molecule has 0 aromatic carbocycles. The maximum Gasteiger partial charge on any atom is 0.324 e. The van der Waals surface area contributed by atoms with E-state index in [-0.39, 0.29) is 6.17 Å². The Bertz CT molecular complexity index is 185. The molecule has 0 aliphatic rings. The van der Waals surface area contributed by atoms with Crippen molar-refractivity contribution in [2.75, 3.05) is 18.1 Å². The van der Waals surface area contributed by atoms with Gasteiger partial charge in [-0.15, -0.1) is 0 Å². The fourth-order valence-corrected chi connectivity index (χ4v) is 1.68. The fourth-order valence-electron chi connectivity index (χ4n) is 0.723. The van der Waals surface area contributed by atoms with Crippen LogP contribution in [0.15, 0.2) is 0 Å². The first-order valence-electron chi connectivity index (χ1n) is 4.53. The van der Waals surface area contributed by atoms with Crippen molar-refractivity contribution in [1.82, 2.24) is 5.32 Å². The maximum absolute atomic E-state index is 10.6. The van der Waals surface area contributed by atoms with Crippen LogP contribution in [0.4, 0.5) is 0 Å². The van der Waals surface area contributed by atoms with Gasteiger partial charge in [0, 0.05) is 25.0 Å². The van der Waals surface area contributed by atoms with Gasteiger partial charge >= 0.3 is 5.97 Å². The average Bonchev–Trinajstić information content (AvgIpc) is 2.02. The molecule has 0 saturated carbocycles. The van der Waals surface area contributed by atoms with Crippen LogP contribution >= 0.6 is 11.8 Å². The van der Waals surface area contributed by atoms with Crippen LogP contribution in [0.5, 0.6) is 0 Å². The summed E-state index contributed by atoms with van der Waals surface area (Å²) >= 11 is 1.53. The van der Waals surface area contributed by atoms with E-state index in [1.807, 2.05) is 6.92 Å². The molecule has 6 heteroatoms. The van der Waals surface area contributed by atoms with E-state index in [0.29, 0.717) is 5.75 Å². The monoisotopic (exact) mass is 222 g/mol. The number of rotatable bonds is 7. The van der Waals surface area contributed by atoms with Crippen molar-refractivity contribution in [3.05, 3.63) is 0 Å². The van der Waals surface area contributed by atoms with Gasteiger partial charge in [-0.3, -0.25) is 10.1 Å². The lowest BCUT2D eigenvalue weighted by Gasteiger charge is -2.18. The Morgan fingerprint density at radius 1 is 1.79 bits per heavy atom. The summed E-state index contributed by atoms with van der Waals surface area (Å²) in [6, 6.07) is 0. The molecule has 7 N–H and O–H groups in total. The first-order valence-corrected chi connectivity index (χ1v) is 5.68. The van der Waals surface area contributed by atoms with E-state index in [4.69, 9.17) is 10.8 Å². The molecule has 0 aromatic rings. The van der Waals surface area contributed by atoms with E-state index in [1.165, 1.54) is 18.7 Å². The summed E-state index contributed by atoms with van der Waals surface area (Å²) in [7, 11) is 0. The Labute approximate surface area is 88.6 Å². The van der Waals surface area contributed by atoms with Crippen LogP contribution in [0.25, 0.3) is 0 Å². The van der Waals surface area contributed by atoms with Gasteiger partial charge in [0.1, 0.15) is 11.7 Å². The van der Waals surface area contributed by atoms with Gasteiger partial charge in [-0.25, -0.2) is 0 Å². The molecule has 0 saturated heterocycles. The lowest BCUT2D eigenvalue weighted by atomic mass is 10.1. The molecule has 0 aliphatic heterocycles. The number of carboxylic acids is 1. The zero-order valence-electron chi connectivity index (χ0n) is 8.75. The summed E-state index contributed by atoms with van der Waals surface area (Å²) in [5.41, 5.74) is 8.20. The third-order valence-corrected chi connectivity index (χ3v) is 2.93.